The lowest BCUT2D eigenvalue weighted by molar-refractivity contribution is -0.386. The highest BCUT2D eigenvalue weighted by Gasteiger charge is 2.24. The molecular weight excluding hydrogens is 250 g/mol. The lowest BCUT2D eigenvalue weighted by Crippen LogP contribution is -2.05. The van der Waals surface area contributed by atoms with Crippen molar-refractivity contribution >= 4 is 18.3 Å². The summed E-state index contributed by atoms with van der Waals surface area (Å²) in [6.07, 6.45) is 4.41. The van der Waals surface area contributed by atoms with Crippen LogP contribution in [0.3, 0.4) is 0 Å². The van der Waals surface area contributed by atoms with Crippen LogP contribution in [0.25, 0.3) is 0 Å². The van der Waals surface area contributed by atoms with E-state index >= 15 is 0 Å². The zero-order valence-corrected chi connectivity index (χ0v) is 11.9. The van der Waals surface area contributed by atoms with Gasteiger partial charge in [-0.15, -0.1) is 0 Å². The second kappa shape index (κ2) is 7.41. The van der Waals surface area contributed by atoms with Crippen LogP contribution in [-0.4, -0.2) is 20.5 Å². The van der Waals surface area contributed by atoms with E-state index in [1.54, 1.807) is 0 Å². The van der Waals surface area contributed by atoms with Crippen molar-refractivity contribution in [1.82, 2.24) is 9.78 Å². The van der Waals surface area contributed by atoms with Crippen LogP contribution in [0.2, 0.25) is 0 Å². The largest absolute Gasteiger partial charge is 0.313 e. The molecule has 0 unspecified atom stereocenters. The van der Waals surface area contributed by atoms with Gasteiger partial charge in [0.1, 0.15) is 11.4 Å². The Kier molecular flexibility index (Phi) is 6.18. The van der Waals surface area contributed by atoms with Gasteiger partial charge in [0.2, 0.25) is 0 Å². The van der Waals surface area contributed by atoms with Crippen molar-refractivity contribution in [2.75, 3.05) is 5.75 Å². The molecule has 0 spiro atoms. The van der Waals surface area contributed by atoms with Crippen LogP contribution in [0.1, 0.15) is 44.5 Å². The van der Waals surface area contributed by atoms with Crippen LogP contribution < -0.4 is 0 Å². The topological polar surface area (TPSA) is 61.0 Å². The fourth-order valence-corrected chi connectivity index (χ4v) is 2.30. The molecule has 0 aliphatic carbocycles. The van der Waals surface area contributed by atoms with E-state index in [0.29, 0.717) is 18.5 Å². The molecule has 0 saturated heterocycles. The number of hydrogen-bond donors (Lipinski definition) is 1. The first-order valence-corrected chi connectivity index (χ1v) is 7.12. The summed E-state index contributed by atoms with van der Waals surface area (Å²) in [5, 5.41) is 15.5. The van der Waals surface area contributed by atoms with Crippen molar-refractivity contribution in [3.05, 3.63) is 21.5 Å². The SMILES string of the molecule is CCc1nn(CCCCCS)c(CC)c1[N+](=O)[O-]. The molecule has 0 aliphatic heterocycles. The van der Waals surface area contributed by atoms with Gasteiger partial charge in [0.25, 0.3) is 0 Å². The average molecular weight is 271 g/mol. The lowest BCUT2D eigenvalue weighted by Gasteiger charge is -2.04. The molecule has 0 saturated carbocycles. The van der Waals surface area contributed by atoms with E-state index in [2.05, 4.69) is 17.7 Å². The molecule has 5 nitrogen and oxygen atoms in total. The smallest absolute Gasteiger partial charge is 0.262 e. The third-order valence-electron chi connectivity index (χ3n) is 2.98. The van der Waals surface area contributed by atoms with Crippen molar-refractivity contribution < 1.29 is 4.92 Å². The van der Waals surface area contributed by atoms with Gasteiger partial charge in [-0.3, -0.25) is 14.8 Å². The highest BCUT2D eigenvalue weighted by molar-refractivity contribution is 7.80. The summed E-state index contributed by atoms with van der Waals surface area (Å²) in [6, 6.07) is 0. The van der Waals surface area contributed by atoms with Gasteiger partial charge in [0.15, 0.2) is 0 Å². The standard InChI is InChI=1S/C12H21N3O2S/c1-3-10-12(15(16)17)11(4-2)14(13-10)8-6-5-7-9-18/h18H,3-9H2,1-2H3. The summed E-state index contributed by atoms with van der Waals surface area (Å²) in [7, 11) is 0. The first-order chi connectivity index (χ1) is 8.65. The zero-order chi connectivity index (χ0) is 13.5. The second-order valence-corrected chi connectivity index (χ2v) is 4.66. The van der Waals surface area contributed by atoms with E-state index in [4.69, 9.17) is 0 Å². The van der Waals surface area contributed by atoms with Gasteiger partial charge in [-0.2, -0.15) is 17.7 Å². The zero-order valence-electron chi connectivity index (χ0n) is 11.1. The van der Waals surface area contributed by atoms with Gasteiger partial charge in [0.05, 0.1) is 4.92 Å². The Morgan fingerprint density at radius 1 is 1.28 bits per heavy atom. The summed E-state index contributed by atoms with van der Waals surface area (Å²) < 4.78 is 1.81. The molecule has 0 N–H and O–H groups in total. The molecule has 0 aromatic carbocycles. The van der Waals surface area contributed by atoms with E-state index < -0.39 is 0 Å². The fraction of sp³-hybridized carbons (Fsp3) is 0.750. The average Bonchev–Trinajstić information content (AvgIpc) is 2.72. The van der Waals surface area contributed by atoms with E-state index in [-0.39, 0.29) is 10.6 Å². The summed E-state index contributed by atoms with van der Waals surface area (Å²) in [4.78, 5) is 10.8. The Morgan fingerprint density at radius 2 is 2.00 bits per heavy atom. The minimum atomic E-state index is -0.297. The highest BCUT2D eigenvalue weighted by Crippen LogP contribution is 2.25. The first-order valence-electron chi connectivity index (χ1n) is 6.49. The number of nitrogens with zero attached hydrogens (tertiary/aromatic N) is 3. The number of thiol groups is 1. The summed E-state index contributed by atoms with van der Waals surface area (Å²) in [6.45, 7) is 4.60. The molecule has 1 heterocycles. The van der Waals surface area contributed by atoms with Crippen molar-refractivity contribution in [3.8, 4) is 0 Å². The Hall–Kier alpha value is -1.04. The van der Waals surface area contributed by atoms with Gasteiger partial charge >= 0.3 is 5.69 Å². The van der Waals surface area contributed by atoms with Crippen LogP contribution >= 0.6 is 12.6 Å². The number of unbranched alkanes of at least 4 members (excludes halogenated alkanes) is 2. The van der Waals surface area contributed by atoms with Gasteiger partial charge < -0.3 is 0 Å². The molecule has 0 aliphatic rings. The number of hydrogen-bond acceptors (Lipinski definition) is 4. The lowest BCUT2D eigenvalue weighted by atomic mass is 10.2. The Morgan fingerprint density at radius 3 is 2.50 bits per heavy atom. The quantitative estimate of drug-likeness (QED) is 0.342. The molecule has 1 aromatic heterocycles. The monoisotopic (exact) mass is 271 g/mol. The minimum Gasteiger partial charge on any atom is -0.262 e. The molecule has 102 valence electrons. The number of aromatic nitrogens is 2. The minimum absolute atomic E-state index is 0.217. The van der Waals surface area contributed by atoms with Crippen LogP contribution in [-0.2, 0) is 19.4 Å². The molecule has 0 fully saturated rings. The molecule has 0 bridgehead atoms. The summed E-state index contributed by atoms with van der Waals surface area (Å²) in [5.41, 5.74) is 1.57. The molecule has 1 aromatic rings. The molecule has 0 amide bonds. The van der Waals surface area contributed by atoms with Gasteiger partial charge in [-0.05, 0) is 31.4 Å². The highest BCUT2D eigenvalue weighted by atomic mass is 32.1. The van der Waals surface area contributed by atoms with Gasteiger partial charge in [-0.25, -0.2) is 0 Å². The van der Waals surface area contributed by atoms with Crippen LogP contribution in [0.4, 0.5) is 5.69 Å². The van der Waals surface area contributed by atoms with Gasteiger partial charge in [-0.1, -0.05) is 20.3 Å². The van der Waals surface area contributed by atoms with E-state index in [1.807, 2.05) is 18.5 Å². The van der Waals surface area contributed by atoms with Crippen LogP contribution in [0.15, 0.2) is 0 Å². The van der Waals surface area contributed by atoms with Crippen molar-refractivity contribution in [2.45, 2.75) is 52.5 Å². The number of aryl methyl sites for hydroxylation is 2. The predicted octanol–water partition coefficient (Wildman–Crippen LogP) is 3.02. The normalized spacial score (nSPS) is 10.8. The Balaban J connectivity index is 2.87. The molecule has 0 atom stereocenters. The molecule has 6 heteroatoms. The van der Waals surface area contributed by atoms with Crippen molar-refractivity contribution in [3.63, 3.8) is 0 Å². The van der Waals surface area contributed by atoms with Crippen LogP contribution in [0, 0.1) is 10.1 Å². The fourth-order valence-electron chi connectivity index (χ4n) is 2.08. The van der Waals surface area contributed by atoms with E-state index in [0.717, 1.165) is 37.3 Å². The molecule has 18 heavy (non-hydrogen) atoms. The van der Waals surface area contributed by atoms with Gasteiger partial charge in [0, 0.05) is 6.54 Å². The molecule has 0 radical (unpaired) electrons. The third kappa shape index (κ3) is 3.48. The summed E-state index contributed by atoms with van der Waals surface area (Å²) >= 11 is 4.17. The second-order valence-electron chi connectivity index (χ2n) is 4.21. The number of rotatable bonds is 8. The predicted molar refractivity (Wildman–Crippen MR) is 75.3 cm³/mol. The Bertz CT molecular complexity index is 404. The van der Waals surface area contributed by atoms with Crippen molar-refractivity contribution in [2.24, 2.45) is 0 Å². The maximum absolute atomic E-state index is 11.1. The van der Waals surface area contributed by atoms with E-state index in [1.165, 1.54) is 0 Å². The molecule has 1 rings (SSSR count). The maximum Gasteiger partial charge on any atom is 0.313 e. The Labute approximate surface area is 113 Å². The van der Waals surface area contributed by atoms with E-state index in [9.17, 15) is 10.1 Å². The maximum atomic E-state index is 11.1. The number of nitro groups is 1. The summed E-state index contributed by atoms with van der Waals surface area (Å²) in [5.74, 6) is 0.889. The molecular formula is C12H21N3O2S. The third-order valence-corrected chi connectivity index (χ3v) is 3.30. The van der Waals surface area contributed by atoms with Crippen molar-refractivity contribution in [1.29, 1.82) is 0 Å². The first kappa shape index (κ1) is 15.0. The van der Waals surface area contributed by atoms with Crippen LogP contribution in [0.5, 0.6) is 0 Å².